The summed E-state index contributed by atoms with van der Waals surface area (Å²) in [4.78, 5) is 14.2. The molecule has 0 aliphatic heterocycles. The zero-order valence-corrected chi connectivity index (χ0v) is 12.3. The van der Waals surface area contributed by atoms with Gasteiger partial charge < -0.3 is 15.7 Å². The van der Waals surface area contributed by atoms with Gasteiger partial charge in [0.1, 0.15) is 5.75 Å². The zero-order valence-electron chi connectivity index (χ0n) is 12.3. The summed E-state index contributed by atoms with van der Waals surface area (Å²) in [6.45, 7) is 4.74. The van der Waals surface area contributed by atoms with Gasteiger partial charge in [0.15, 0.2) is 0 Å². The number of rotatable bonds is 4. The first kappa shape index (κ1) is 14.9. The number of amides is 1. The van der Waals surface area contributed by atoms with E-state index in [1.165, 1.54) is 0 Å². The number of hydrogen-bond donors (Lipinski definition) is 2. The van der Waals surface area contributed by atoms with Crippen molar-refractivity contribution in [2.24, 2.45) is 0 Å². The number of benzene rings is 2. The molecule has 0 fully saturated rings. The van der Waals surface area contributed by atoms with Crippen LogP contribution in [0.15, 0.2) is 42.5 Å². The number of phenolic OH excluding ortho intramolecular Hbond substituents is 1. The van der Waals surface area contributed by atoms with Gasteiger partial charge in [-0.3, -0.25) is 4.79 Å². The molecule has 21 heavy (non-hydrogen) atoms. The van der Waals surface area contributed by atoms with Crippen LogP contribution in [0.25, 0.3) is 0 Å². The molecule has 2 rings (SSSR count). The molecule has 0 bridgehead atoms. The molecule has 0 atom stereocenters. The van der Waals surface area contributed by atoms with Gasteiger partial charge in [0.05, 0.1) is 5.56 Å². The van der Waals surface area contributed by atoms with Gasteiger partial charge in [-0.15, -0.1) is 0 Å². The number of phenols is 1. The van der Waals surface area contributed by atoms with Gasteiger partial charge in [0, 0.05) is 18.8 Å². The Morgan fingerprint density at radius 3 is 2.57 bits per heavy atom. The second-order valence-corrected chi connectivity index (χ2v) is 5.04. The monoisotopic (exact) mass is 284 g/mol. The minimum Gasteiger partial charge on any atom is -0.507 e. The third-order valence-electron chi connectivity index (χ3n) is 3.47. The van der Waals surface area contributed by atoms with E-state index in [2.05, 4.69) is 0 Å². The van der Waals surface area contributed by atoms with E-state index in [9.17, 15) is 9.90 Å². The fraction of sp³-hybridized carbons (Fsp3) is 0.235. The van der Waals surface area contributed by atoms with Crippen LogP contribution < -0.4 is 5.73 Å². The van der Waals surface area contributed by atoms with Crippen molar-refractivity contribution in [2.45, 2.75) is 20.4 Å². The molecule has 2 aromatic carbocycles. The molecule has 110 valence electrons. The van der Waals surface area contributed by atoms with Crippen LogP contribution in [0.5, 0.6) is 5.75 Å². The molecule has 0 aliphatic carbocycles. The Morgan fingerprint density at radius 2 is 1.95 bits per heavy atom. The van der Waals surface area contributed by atoms with Gasteiger partial charge in [0.25, 0.3) is 5.91 Å². The summed E-state index contributed by atoms with van der Waals surface area (Å²) in [5, 5.41) is 9.95. The Bertz CT molecular complexity index is 653. The van der Waals surface area contributed by atoms with Crippen LogP contribution in [0, 0.1) is 6.92 Å². The summed E-state index contributed by atoms with van der Waals surface area (Å²) in [7, 11) is 0. The Labute approximate surface area is 124 Å². The maximum absolute atomic E-state index is 12.5. The lowest BCUT2D eigenvalue weighted by atomic mass is 10.1. The van der Waals surface area contributed by atoms with E-state index in [1.807, 2.05) is 44.2 Å². The predicted octanol–water partition coefficient (Wildman–Crippen LogP) is 2.95. The Morgan fingerprint density at radius 1 is 1.24 bits per heavy atom. The number of hydrogen-bond acceptors (Lipinski definition) is 3. The van der Waals surface area contributed by atoms with Crippen LogP contribution in [0.4, 0.5) is 5.69 Å². The van der Waals surface area contributed by atoms with Gasteiger partial charge in [-0.05, 0) is 43.2 Å². The molecule has 0 aromatic heterocycles. The maximum Gasteiger partial charge on any atom is 0.257 e. The first-order valence-electron chi connectivity index (χ1n) is 6.95. The van der Waals surface area contributed by atoms with Crippen molar-refractivity contribution in [1.82, 2.24) is 4.90 Å². The standard InChI is InChI=1S/C17H20N2O2/c1-3-19(11-13-6-4-5-7-15(13)18)17(21)14-9-8-12(2)10-16(14)20/h4-10,20H,3,11,18H2,1-2H3. The molecular weight excluding hydrogens is 264 g/mol. The molecule has 0 saturated carbocycles. The summed E-state index contributed by atoms with van der Waals surface area (Å²) in [6, 6.07) is 12.5. The summed E-state index contributed by atoms with van der Waals surface area (Å²) < 4.78 is 0. The Hall–Kier alpha value is -2.49. The number of nitrogens with two attached hydrogens (primary N) is 1. The first-order chi connectivity index (χ1) is 10.0. The van der Waals surface area contributed by atoms with Gasteiger partial charge in [0.2, 0.25) is 0 Å². The van der Waals surface area contributed by atoms with E-state index in [-0.39, 0.29) is 11.7 Å². The molecular formula is C17H20N2O2. The fourth-order valence-corrected chi connectivity index (χ4v) is 2.20. The molecule has 0 unspecified atom stereocenters. The smallest absolute Gasteiger partial charge is 0.257 e. The lowest BCUT2D eigenvalue weighted by molar-refractivity contribution is 0.0750. The van der Waals surface area contributed by atoms with Crippen molar-refractivity contribution < 1.29 is 9.90 Å². The molecule has 0 saturated heterocycles. The number of nitrogens with zero attached hydrogens (tertiary/aromatic N) is 1. The van der Waals surface area contributed by atoms with Crippen LogP contribution in [-0.4, -0.2) is 22.5 Å². The molecule has 0 radical (unpaired) electrons. The number of aromatic hydroxyl groups is 1. The van der Waals surface area contributed by atoms with E-state index in [0.717, 1.165) is 11.1 Å². The van der Waals surface area contributed by atoms with Crippen LogP contribution in [0.3, 0.4) is 0 Å². The lowest BCUT2D eigenvalue weighted by Crippen LogP contribution is -2.30. The maximum atomic E-state index is 12.5. The molecule has 4 heteroatoms. The summed E-state index contributed by atoms with van der Waals surface area (Å²) in [6.07, 6.45) is 0. The highest BCUT2D eigenvalue weighted by molar-refractivity contribution is 5.96. The SMILES string of the molecule is CCN(Cc1ccccc1N)C(=O)c1ccc(C)cc1O. The number of aryl methyl sites for hydroxylation is 1. The normalized spacial score (nSPS) is 10.4. The number of nitrogen functional groups attached to an aromatic ring is 1. The number of anilines is 1. The van der Waals surface area contributed by atoms with Crippen LogP contribution in [-0.2, 0) is 6.54 Å². The predicted molar refractivity (Wildman–Crippen MR) is 84.1 cm³/mol. The quantitative estimate of drug-likeness (QED) is 0.848. The molecule has 4 nitrogen and oxygen atoms in total. The zero-order chi connectivity index (χ0) is 15.4. The third kappa shape index (κ3) is 3.34. The second kappa shape index (κ2) is 6.31. The van der Waals surface area contributed by atoms with Crippen molar-refractivity contribution >= 4 is 11.6 Å². The number of para-hydroxylation sites is 1. The van der Waals surface area contributed by atoms with Crippen molar-refractivity contribution in [2.75, 3.05) is 12.3 Å². The van der Waals surface area contributed by atoms with E-state index < -0.39 is 0 Å². The van der Waals surface area contributed by atoms with Crippen molar-refractivity contribution in [1.29, 1.82) is 0 Å². The van der Waals surface area contributed by atoms with Gasteiger partial charge in [-0.2, -0.15) is 0 Å². The molecule has 0 aliphatic rings. The largest absolute Gasteiger partial charge is 0.507 e. The van der Waals surface area contributed by atoms with Crippen LogP contribution in [0.2, 0.25) is 0 Å². The molecule has 3 N–H and O–H groups in total. The van der Waals surface area contributed by atoms with Crippen LogP contribution >= 0.6 is 0 Å². The van der Waals surface area contributed by atoms with E-state index in [0.29, 0.717) is 24.3 Å². The minimum absolute atomic E-state index is 0.0134. The van der Waals surface area contributed by atoms with Gasteiger partial charge in [-0.1, -0.05) is 24.3 Å². The average molecular weight is 284 g/mol. The highest BCUT2D eigenvalue weighted by Gasteiger charge is 2.18. The summed E-state index contributed by atoms with van der Waals surface area (Å²) in [5.74, 6) is -0.183. The molecule has 2 aromatic rings. The summed E-state index contributed by atoms with van der Waals surface area (Å²) >= 11 is 0. The van der Waals surface area contributed by atoms with Gasteiger partial charge >= 0.3 is 0 Å². The van der Waals surface area contributed by atoms with E-state index >= 15 is 0 Å². The van der Waals surface area contributed by atoms with Crippen molar-refractivity contribution in [3.8, 4) is 5.75 Å². The first-order valence-corrected chi connectivity index (χ1v) is 6.95. The molecule has 0 heterocycles. The Balaban J connectivity index is 2.25. The molecule has 1 amide bonds. The highest BCUT2D eigenvalue weighted by atomic mass is 16.3. The minimum atomic E-state index is -0.196. The fourth-order valence-electron chi connectivity index (χ4n) is 2.20. The average Bonchev–Trinajstić information content (AvgIpc) is 2.46. The second-order valence-electron chi connectivity index (χ2n) is 5.04. The number of carbonyl (C=O) groups excluding carboxylic acids is 1. The van der Waals surface area contributed by atoms with Crippen LogP contribution in [0.1, 0.15) is 28.4 Å². The topological polar surface area (TPSA) is 66.6 Å². The Kier molecular flexibility index (Phi) is 4.48. The molecule has 0 spiro atoms. The van der Waals surface area contributed by atoms with Gasteiger partial charge in [-0.25, -0.2) is 0 Å². The van der Waals surface area contributed by atoms with Crippen molar-refractivity contribution in [3.63, 3.8) is 0 Å². The van der Waals surface area contributed by atoms with E-state index in [4.69, 9.17) is 5.73 Å². The van der Waals surface area contributed by atoms with E-state index in [1.54, 1.807) is 17.0 Å². The third-order valence-corrected chi connectivity index (χ3v) is 3.47. The van der Waals surface area contributed by atoms with Crippen molar-refractivity contribution in [3.05, 3.63) is 59.2 Å². The summed E-state index contributed by atoms with van der Waals surface area (Å²) in [5.41, 5.74) is 8.72. The number of carbonyl (C=O) groups is 1. The lowest BCUT2D eigenvalue weighted by Gasteiger charge is -2.22. The highest BCUT2D eigenvalue weighted by Crippen LogP contribution is 2.22.